The van der Waals surface area contributed by atoms with Crippen molar-refractivity contribution in [1.29, 1.82) is 0 Å². The molecule has 5 heteroatoms. The van der Waals surface area contributed by atoms with Crippen LogP contribution in [0.2, 0.25) is 0 Å². The van der Waals surface area contributed by atoms with Crippen molar-refractivity contribution >= 4 is 5.91 Å². The lowest BCUT2D eigenvalue weighted by atomic mass is 10.1. The van der Waals surface area contributed by atoms with Gasteiger partial charge in [-0.15, -0.1) is 0 Å². The lowest BCUT2D eigenvalue weighted by molar-refractivity contribution is -0.140. The van der Waals surface area contributed by atoms with Crippen molar-refractivity contribution in [3.8, 4) is 0 Å². The van der Waals surface area contributed by atoms with Crippen molar-refractivity contribution in [1.82, 2.24) is 4.90 Å². The quantitative estimate of drug-likeness (QED) is 0.875. The minimum absolute atomic E-state index is 0.0482. The first-order valence-electron chi connectivity index (χ1n) is 7.31. The van der Waals surface area contributed by atoms with Crippen molar-refractivity contribution in [2.75, 3.05) is 19.8 Å². The Hall–Kier alpha value is -2.14. The Morgan fingerprint density at radius 2 is 2.23 bits per heavy atom. The van der Waals surface area contributed by atoms with E-state index in [4.69, 9.17) is 9.15 Å². The Labute approximate surface area is 128 Å². The number of hydrogen-bond donors (Lipinski definition) is 0. The summed E-state index contributed by atoms with van der Waals surface area (Å²) in [7, 11) is 0. The molecule has 1 aromatic heterocycles. The minimum Gasteiger partial charge on any atom is -0.464 e. The van der Waals surface area contributed by atoms with Crippen LogP contribution in [0.15, 0.2) is 40.8 Å². The van der Waals surface area contributed by atoms with Gasteiger partial charge in [0.2, 0.25) is 5.91 Å². The average molecular weight is 303 g/mol. The summed E-state index contributed by atoms with van der Waals surface area (Å²) >= 11 is 0. The van der Waals surface area contributed by atoms with Crippen LogP contribution in [0.3, 0.4) is 0 Å². The summed E-state index contributed by atoms with van der Waals surface area (Å²) in [6.45, 7) is 3.30. The van der Waals surface area contributed by atoms with E-state index in [1.54, 1.807) is 17.0 Å². The summed E-state index contributed by atoms with van der Waals surface area (Å²) in [6, 6.07) is 9.67. The fraction of sp³-hybridized carbons (Fsp3) is 0.353. The Morgan fingerprint density at radius 3 is 2.95 bits per heavy atom. The maximum absolute atomic E-state index is 13.2. The van der Waals surface area contributed by atoms with Gasteiger partial charge in [0, 0.05) is 6.54 Å². The van der Waals surface area contributed by atoms with Crippen LogP contribution < -0.4 is 0 Å². The molecule has 1 fully saturated rings. The van der Waals surface area contributed by atoms with Gasteiger partial charge in [0.15, 0.2) is 0 Å². The fourth-order valence-corrected chi connectivity index (χ4v) is 2.69. The maximum Gasteiger partial charge on any atom is 0.227 e. The van der Waals surface area contributed by atoms with E-state index in [2.05, 4.69) is 0 Å². The molecule has 0 radical (unpaired) electrons. The molecule has 0 spiro atoms. The molecule has 0 saturated carbocycles. The van der Waals surface area contributed by atoms with Crippen molar-refractivity contribution < 1.29 is 18.3 Å². The molecule has 0 N–H and O–H groups in total. The summed E-state index contributed by atoms with van der Waals surface area (Å²) in [5, 5.41) is 0. The number of carbonyl (C=O) groups excluding carboxylic acids is 1. The van der Waals surface area contributed by atoms with Gasteiger partial charge in [0.25, 0.3) is 0 Å². The van der Waals surface area contributed by atoms with Crippen LogP contribution in [0.4, 0.5) is 4.39 Å². The number of nitrogens with zero attached hydrogens (tertiary/aromatic N) is 1. The summed E-state index contributed by atoms with van der Waals surface area (Å²) in [4.78, 5) is 14.3. The van der Waals surface area contributed by atoms with Gasteiger partial charge in [0.1, 0.15) is 23.4 Å². The number of aryl methyl sites for hydroxylation is 1. The predicted octanol–water partition coefficient (Wildman–Crippen LogP) is 2.87. The summed E-state index contributed by atoms with van der Waals surface area (Å²) in [5.41, 5.74) is 0.672. The van der Waals surface area contributed by atoms with E-state index in [9.17, 15) is 9.18 Å². The molecule has 0 bridgehead atoms. The Balaban J connectivity index is 1.76. The van der Waals surface area contributed by atoms with Crippen LogP contribution in [0.1, 0.15) is 23.1 Å². The number of morpholine rings is 1. The third-order valence-corrected chi connectivity index (χ3v) is 3.78. The molecule has 3 rings (SSSR count). The monoisotopic (exact) mass is 303 g/mol. The highest BCUT2D eigenvalue weighted by Crippen LogP contribution is 2.26. The molecule has 2 aromatic rings. The van der Waals surface area contributed by atoms with Gasteiger partial charge in [-0.1, -0.05) is 12.1 Å². The van der Waals surface area contributed by atoms with Crippen molar-refractivity contribution in [2.24, 2.45) is 0 Å². The lowest BCUT2D eigenvalue weighted by Gasteiger charge is -2.34. The largest absolute Gasteiger partial charge is 0.464 e. The highest BCUT2D eigenvalue weighted by molar-refractivity contribution is 5.79. The number of hydrogen-bond acceptors (Lipinski definition) is 3. The van der Waals surface area contributed by atoms with E-state index in [1.165, 1.54) is 12.1 Å². The molecule has 1 unspecified atom stereocenters. The first kappa shape index (κ1) is 14.8. The van der Waals surface area contributed by atoms with E-state index in [0.717, 1.165) is 11.5 Å². The second kappa shape index (κ2) is 6.32. The Kier molecular flexibility index (Phi) is 4.24. The van der Waals surface area contributed by atoms with Gasteiger partial charge in [0.05, 0.1) is 19.6 Å². The molecule has 1 aliphatic heterocycles. The van der Waals surface area contributed by atoms with E-state index in [1.807, 2.05) is 19.1 Å². The SMILES string of the molecule is Cc1ccc(C2COCCN2C(=O)Cc2cccc(F)c2)o1. The molecule has 1 amide bonds. The smallest absolute Gasteiger partial charge is 0.227 e. The number of halogens is 1. The summed E-state index contributed by atoms with van der Waals surface area (Å²) in [5.74, 6) is 1.15. The fourth-order valence-electron chi connectivity index (χ4n) is 2.69. The third-order valence-electron chi connectivity index (χ3n) is 3.78. The Bertz CT molecular complexity index is 667. The molecule has 1 saturated heterocycles. The topological polar surface area (TPSA) is 42.7 Å². The highest BCUT2D eigenvalue weighted by atomic mass is 19.1. The predicted molar refractivity (Wildman–Crippen MR) is 78.8 cm³/mol. The number of furan rings is 1. The molecular weight excluding hydrogens is 285 g/mol. The molecule has 1 aromatic carbocycles. The van der Waals surface area contributed by atoms with Crippen LogP contribution in [-0.2, 0) is 16.0 Å². The third kappa shape index (κ3) is 3.20. The van der Waals surface area contributed by atoms with Gasteiger partial charge >= 0.3 is 0 Å². The zero-order valence-electron chi connectivity index (χ0n) is 12.4. The first-order valence-corrected chi connectivity index (χ1v) is 7.31. The van der Waals surface area contributed by atoms with E-state index in [-0.39, 0.29) is 24.2 Å². The number of amides is 1. The summed E-state index contributed by atoms with van der Waals surface area (Å²) in [6.07, 6.45) is 0.175. The van der Waals surface area contributed by atoms with Gasteiger partial charge in [-0.25, -0.2) is 4.39 Å². The van der Waals surface area contributed by atoms with E-state index >= 15 is 0 Å². The lowest BCUT2D eigenvalue weighted by Crippen LogP contribution is -2.44. The molecule has 116 valence electrons. The molecule has 4 nitrogen and oxygen atoms in total. The molecule has 2 heterocycles. The molecule has 0 aliphatic carbocycles. The van der Waals surface area contributed by atoms with E-state index < -0.39 is 0 Å². The van der Waals surface area contributed by atoms with Crippen LogP contribution in [-0.4, -0.2) is 30.6 Å². The Morgan fingerprint density at radius 1 is 1.36 bits per heavy atom. The van der Waals surface area contributed by atoms with Gasteiger partial charge in [-0.3, -0.25) is 4.79 Å². The van der Waals surface area contributed by atoms with Gasteiger partial charge < -0.3 is 14.1 Å². The normalized spacial score (nSPS) is 18.5. The molecule has 1 atom stereocenters. The van der Waals surface area contributed by atoms with Crippen molar-refractivity contribution in [2.45, 2.75) is 19.4 Å². The summed E-state index contributed by atoms with van der Waals surface area (Å²) < 4.78 is 24.4. The van der Waals surface area contributed by atoms with Gasteiger partial charge in [-0.2, -0.15) is 0 Å². The molecule has 1 aliphatic rings. The zero-order valence-corrected chi connectivity index (χ0v) is 12.4. The van der Waals surface area contributed by atoms with Crippen LogP contribution in [0.25, 0.3) is 0 Å². The number of carbonyl (C=O) groups is 1. The van der Waals surface area contributed by atoms with Gasteiger partial charge in [-0.05, 0) is 36.8 Å². The zero-order chi connectivity index (χ0) is 15.5. The van der Waals surface area contributed by atoms with Crippen LogP contribution in [0, 0.1) is 12.7 Å². The second-order valence-electron chi connectivity index (χ2n) is 5.43. The van der Waals surface area contributed by atoms with Crippen LogP contribution >= 0.6 is 0 Å². The average Bonchev–Trinajstić information content (AvgIpc) is 2.94. The van der Waals surface area contributed by atoms with Crippen LogP contribution in [0.5, 0.6) is 0 Å². The number of ether oxygens (including phenoxy) is 1. The van der Waals surface area contributed by atoms with E-state index in [0.29, 0.717) is 25.3 Å². The standard InChI is InChI=1S/C17H18FNO3/c1-12-5-6-16(22-12)15-11-21-8-7-19(15)17(20)10-13-3-2-4-14(18)9-13/h2-6,9,15H,7-8,10-11H2,1H3. The maximum atomic E-state index is 13.2. The minimum atomic E-state index is -0.328. The number of benzene rings is 1. The first-order chi connectivity index (χ1) is 10.6. The molecule has 22 heavy (non-hydrogen) atoms. The molecular formula is C17H18FNO3. The van der Waals surface area contributed by atoms with Crippen molar-refractivity contribution in [3.63, 3.8) is 0 Å². The number of rotatable bonds is 3. The highest BCUT2D eigenvalue weighted by Gasteiger charge is 2.30. The van der Waals surface area contributed by atoms with Crippen molar-refractivity contribution in [3.05, 3.63) is 59.3 Å². The second-order valence-corrected chi connectivity index (χ2v) is 5.43.